The number of hydrogen-bond donors (Lipinski definition) is 2. The Kier molecular flexibility index (Phi) is 3.93. The zero-order valence-electron chi connectivity index (χ0n) is 12.6. The van der Waals surface area contributed by atoms with Gasteiger partial charge in [-0.05, 0) is 42.4 Å². The van der Waals surface area contributed by atoms with Crippen LogP contribution in [0.5, 0.6) is 0 Å². The van der Waals surface area contributed by atoms with E-state index in [0.717, 1.165) is 37.5 Å². The first-order valence-electron chi connectivity index (χ1n) is 7.23. The third-order valence-corrected chi connectivity index (χ3v) is 4.38. The summed E-state index contributed by atoms with van der Waals surface area (Å²) in [6.07, 6.45) is 2.31. The number of hydrogen-bond acceptors (Lipinski definition) is 3. The van der Waals surface area contributed by atoms with Crippen molar-refractivity contribution < 1.29 is 4.79 Å². The predicted octanol–water partition coefficient (Wildman–Crippen LogP) is 2.63. The van der Waals surface area contributed by atoms with Gasteiger partial charge in [0.1, 0.15) is 0 Å². The molecule has 1 aromatic rings. The van der Waals surface area contributed by atoms with Gasteiger partial charge in [-0.2, -0.15) is 0 Å². The molecule has 20 heavy (non-hydrogen) atoms. The molecular weight excluding hydrogens is 250 g/mol. The topological polar surface area (TPSA) is 72.3 Å². The summed E-state index contributed by atoms with van der Waals surface area (Å²) < 4.78 is 0. The van der Waals surface area contributed by atoms with Crippen LogP contribution in [0.4, 0.5) is 11.4 Å². The van der Waals surface area contributed by atoms with Gasteiger partial charge in [0.25, 0.3) is 0 Å². The maximum atomic E-state index is 11.3. The smallest absolute Gasteiger partial charge is 0.248 e. The number of anilines is 2. The maximum absolute atomic E-state index is 11.3. The quantitative estimate of drug-likeness (QED) is 0.815. The van der Waals surface area contributed by atoms with Crippen molar-refractivity contribution in [2.45, 2.75) is 33.6 Å². The van der Waals surface area contributed by atoms with Crippen molar-refractivity contribution >= 4 is 17.3 Å². The summed E-state index contributed by atoms with van der Waals surface area (Å²) >= 11 is 0. The van der Waals surface area contributed by atoms with Gasteiger partial charge in [0, 0.05) is 18.7 Å². The van der Waals surface area contributed by atoms with Crippen LogP contribution in [0.1, 0.15) is 44.0 Å². The van der Waals surface area contributed by atoms with Crippen LogP contribution in [-0.4, -0.2) is 19.0 Å². The molecule has 4 nitrogen and oxygen atoms in total. The van der Waals surface area contributed by atoms with E-state index in [-0.39, 0.29) is 0 Å². The van der Waals surface area contributed by atoms with Gasteiger partial charge in [0.15, 0.2) is 0 Å². The zero-order chi connectivity index (χ0) is 14.9. The molecule has 0 aromatic heterocycles. The fourth-order valence-corrected chi connectivity index (χ4v) is 2.96. The van der Waals surface area contributed by atoms with Crippen molar-refractivity contribution in [3.05, 3.63) is 23.8 Å². The lowest BCUT2D eigenvalue weighted by atomic mass is 9.75. The molecule has 110 valence electrons. The molecule has 4 heteroatoms. The number of rotatable bonds is 2. The molecule has 1 amide bonds. The van der Waals surface area contributed by atoms with Gasteiger partial charge < -0.3 is 16.4 Å². The van der Waals surface area contributed by atoms with Crippen molar-refractivity contribution in [2.24, 2.45) is 17.1 Å². The van der Waals surface area contributed by atoms with E-state index >= 15 is 0 Å². The number of benzene rings is 1. The molecule has 0 spiro atoms. The normalized spacial score (nSPS) is 17.2. The van der Waals surface area contributed by atoms with E-state index in [1.54, 1.807) is 12.1 Å². The number of carbonyl (C=O) groups is 1. The van der Waals surface area contributed by atoms with Gasteiger partial charge in [0.2, 0.25) is 5.91 Å². The number of nitrogens with zero attached hydrogens (tertiary/aromatic N) is 1. The zero-order valence-corrected chi connectivity index (χ0v) is 12.6. The summed E-state index contributed by atoms with van der Waals surface area (Å²) in [5, 5.41) is 0. The van der Waals surface area contributed by atoms with Gasteiger partial charge in [-0.1, -0.05) is 20.8 Å². The average Bonchev–Trinajstić information content (AvgIpc) is 2.38. The fraction of sp³-hybridized carbons (Fsp3) is 0.562. The first-order valence-corrected chi connectivity index (χ1v) is 7.23. The number of carbonyl (C=O) groups excluding carboxylic acids is 1. The third kappa shape index (κ3) is 3.06. The molecule has 0 bridgehead atoms. The van der Waals surface area contributed by atoms with E-state index < -0.39 is 5.91 Å². The van der Waals surface area contributed by atoms with Crippen molar-refractivity contribution in [1.29, 1.82) is 0 Å². The van der Waals surface area contributed by atoms with E-state index in [1.807, 2.05) is 6.07 Å². The predicted molar refractivity (Wildman–Crippen MR) is 83.8 cm³/mol. The van der Waals surface area contributed by atoms with Crippen molar-refractivity contribution in [3.8, 4) is 0 Å². The molecule has 1 heterocycles. The van der Waals surface area contributed by atoms with Crippen LogP contribution in [0.25, 0.3) is 0 Å². The average molecular weight is 275 g/mol. The van der Waals surface area contributed by atoms with E-state index in [4.69, 9.17) is 11.5 Å². The summed E-state index contributed by atoms with van der Waals surface area (Å²) in [4.78, 5) is 13.6. The maximum Gasteiger partial charge on any atom is 0.248 e. The minimum absolute atomic E-state index is 0.354. The minimum Gasteiger partial charge on any atom is -0.397 e. The Morgan fingerprint density at radius 3 is 2.35 bits per heavy atom. The Morgan fingerprint density at radius 1 is 1.25 bits per heavy atom. The number of piperidine rings is 1. The molecule has 1 aliphatic heterocycles. The third-order valence-electron chi connectivity index (χ3n) is 4.38. The van der Waals surface area contributed by atoms with Gasteiger partial charge >= 0.3 is 0 Å². The summed E-state index contributed by atoms with van der Waals surface area (Å²) in [5.41, 5.74) is 13.9. The van der Waals surface area contributed by atoms with Crippen molar-refractivity contribution in [2.75, 3.05) is 23.7 Å². The highest BCUT2D eigenvalue weighted by Gasteiger charge is 2.29. The van der Waals surface area contributed by atoms with E-state index in [2.05, 4.69) is 25.7 Å². The molecule has 1 saturated heterocycles. The lowest BCUT2D eigenvalue weighted by Crippen LogP contribution is -2.38. The molecular formula is C16H25N3O. The van der Waals surface area contributed by atoms with Gasteiger partial charge in [0.05, 0.1) is 11.4 Å². The Bertz CT molecular complexity index is 497. The Balaban J connectivity index is 2.14. The molecule has 1 fully saturated rings. The van der Waals surface area contributed by atoms with Gasteiger partial charge in [-0.25, -0.2) is 0 Å². The molecule has 0 unspecified atom stereocenters. The molecule has 4 N–H and O–H groups in total. The Hall–Kier alpha value is -1.71. The van der Waals surface area contributed by atoms with Crippen LogP contribution in [0.3, 0.4) is 0 Å². The van der Waals surface area contributed by atoms with Gasteiger partial charge in [-0.3, -0.25) is 4.79 Å². The van der Waals surface area contributed by atoms with E-state index in [0.29, 0.717) is 16.7 Å². The summed E-state index contributed by atoms with van der Waals surface area (Å²) in [6, 6.07) is 5.27. The molecule has 0 aliphatic carbocycles. The Labute approximate surface area is 121 Å². The first kappa shape index (κ1) is 14.7. The number of nitrogen functional groups attached to an aromatic ring is 1. The molecule has 0 atom stereocenters. The van der Waals surface area contributed by atoms with E-state index in [1.165, 1.54) is 0 Å². The first-order chi connectivity index (χ1) is 9.29. The molecule has 0 radical (unpaired) electrons. The number of primary amides is 1. The molecule has 1 aromatic carbocycles. The van der Waals surface area contributed by atoms with Crippen LogP contribution in [-0.2, 0) is 0 Å². The Morgan fingerprint density at radius 2 is 1.85 bits per heavy atom. The second kappa shape index (κ2) is 5.35. The highest BCUT2D eigenvalue weighted by molar-refractivity contribution is 5.95. The minimum atomic E-state index is -0.407. The van der Waals surface area contributed by atoms with Gasteiger partial charge in [-0.15, -0.1) is 0 Å². The van der Waals surface area contributed by atoms with E-state index in [9.17, 15) is 4.79 Å². The highest BCUT2D eigenvalue weighted by atomic mass is 16.1. The summed E-state index contributed by atoms with van der Waals surface area (Å²) in [5.74, 6) is 0.329. The highest BCUT2D eigenvalue weighted by Crippen LogP contribution is 2.36. The molecule has 1 aliphatic rings. The van der Waals surface area contributed by atoms with Crippen LogP contribution >= 0.6 is 0 Å². The summed E-state index contributed by atoms with van der Waals surface area (Å²) in [6.45, 7) is 8.86. The lowest BCUT2D eigenvalue weighted by molar-refractivity contribution is 0.100. The van der Waals surface area contributed by atoms with Crippen molar-refractivity contribution in [3.63, 3.8) is 0 Å². The van der Waals surface area contributed by atoms with Crippen molar-refractivity contribution in [1.82, 2.24) is 0 Å². The monoisotopic (exact) mass is 275 g/mol. The standard InChI is InChI=1S/C16H25N3O/c1-16(2,3)12-6-8-19(9-7-12)14-10-11(15(18)20)4-5-13(14)17/h4-5,10,12H,6-9,17H2,1-3H3,(H2,18,20). The van der Waals surface area contributed by atoms with Crippen LogP contribution in [0.2, 0.25) is 0 Å². The summed E-state index contributed by atoms with van der Waals surface area (Å²) in [7, 11) is 0. The van der Waals surface area contributed by atoms with Crippen LogP contribution in [0, 0.1) is 11.3 Å². The lowest BCUT2D eigenvalue weighted by Gasteiger charge is -2.40. The largest absolute Gasteiger partial charge is 0.397 e. The molecule has 2 rings (SSSR count). The second-order valence-electron chi connectivity index (χ2n) is 6.77. The number of nitrogens with two attached hydrogens (primary N) is 2. The SMILES string of the molecule is CC(C)(C)C1CCN(c2cc(C(N)=O)ccc2N)CC1. The van der Waals surface area contributed by atoms with Crippen LogP contribution in [0.15, 0.2) is 18.2 Å². The molecule has 0 saturated carbocycles. The second-order valence-corrected chi connectivity index (χ2v) is 6.77. The fourth-order valence-electron chi connectivity index (χ4n) is 2.96. The van der Waals surface area contributed by atoms with Crippen LogP contribution < -0.4 is 16.4 Å². The number of amides is 1.